The van der Waals surface area contributed by atoms with Crippen LogP contribution in [0.3, 0.4) is 0 Å². The minimum Gasteiger partial charge on any atom is -0.348 e. The summed E-state index contributed by atoms with van der Waals surface area (Å²) in [6, 6.07) is 17.1. The lowest BCUT2D eigenvalue weighted by molar-refractivity contribution is 0.0949. The van der Waals surface area contributed by atoms with Gasteiger partial charge in [-0.3, -0.25) is 14.4 Å². The molecule has 0 spiro atoms. The van der Waals surface area contributed by atoms with Crippen LogP contribution in [0.15, 0.2) is 48.5 Å². The third kappa shape index (κ3) is 5.46. The molecule has 1 N–H and O–H groups in total. The number of benzene rings is 2. The minimum atomic E-state index is -0.0625. The molecule has 0 radical (unpaired) electrons. The van der Waals surface area contributed by atoms with Gasteiger partial charge in [-0.05, 0) is 63.4 Å². The van der Waals surface area contributed by atoms with Crippen molar-refractivity contribution in [3.8, 4) is 0 Å². The molecule has 1 aliphatic rings. The molecule has 32 heavy (non-hydrogen) atoms. The van der Waals surface area contributed by atoms with E-state index in [1.54, 1.807) is 0 Å². The Hall–Kier alpha value is -2.92. The van der Waals surface area contributed by atoms with Crippen molar-refractivity contribution in [1.82, 2.24) is 20.0 Å². The van der Waals surface area contributed by atoms with E-state index in [0.717, 1.165) is 23.5 Å². The molecular formula is C27H34N4O. The molecule has 3 aromatic rings. The highest BCUT2D eigenvalue weighted by atomic mass is 16.1. The molecule has 0 atom stereocenters. The Morgan fingerprint density at radius 2 is 1.44 bits per heavy atom. The average molecular weight is 431 g/mol. The van der Waals surface area contributed by atoms with E-state index >= 15 is 0 Å². The number of piperidine rings is 1. The second kappa shape index (κ2) is 10.1. The van der Waals surface area contributed by atoms with Crippen LogP contribution in [0.4, 0.5) is 0 Å². The monoisotopic (exact) mass is 430 g/mol. The van der Waals surface area contributed by atoms with Gasteiger partial charge in [0.1, 0.15) is 0 Å². The molecule has 1 saturated heterocycles. The summed E-state index contributed by atoms with van der Waals surface area (Å²) in [6.07, 6.45) is 3.98. The second-order valence-corrected chi connectivity index (χ2v) is 9.03. The molecule has 1 aliphatic heterocycles. The van der Waals surface area contributed by atoms with Crippen molar-refractivity contribution in [2.45, 2.75) is 59.7 Å². The number of likely N-dealkylation sites (tertiary alicyclic amines) is 1. The number of aromatic nitrogens is 2. The van der Waals surface area contributed by atoms with E-state index in [-0.39, 0.29) is 5.91 Å². The van der Waals surface area contributed by atoms with Crippen molar-refractivity contribution in [1.29, 1.82) is 0 Å². The first kappa shape index (κ1) is 22.3. The molecule has 5 nitrogen and oxygen atoms in total. The molecule has 0 aliphatic carbocycles. The molecule has 1 amide bonds. The largest absolute Gasteiger partial charge is 0.348 e. The fourth-order valence-electron chi connectivity index (χ4n) is 4.45. The maximum atomic E-state index is 12.9. The van der Waals surface area contributed by atoms with Crippen molar-refractivity contribution in [3.63, 3.8) is 0 Å². The lowest BCUT2D eigenvalue weighted by Gasteiger charge is -2.26. The van der Waals surface area contributed by atoms with Gasteiger partial charge in [-0.15, -0.1) is 0 Å². The maximum Gasteiger partial charge on any atom is 0.255 e. The fourth-order valence-corrected chi connectivity index (χ4v) is 4.45. The van der Waals surface area contributed by atoms with Crippen molar-refractivity contribution in [2.24, 2.45) is 0 Å². The number of carbonyl (C=O) groups excluding carboxylic acids is 1. The Morgan fingerprint density at radius 3 is 2.12 bits per heavy atom. The number of rotatable bonds is 7. The van der Waals surface area contributed by atoms with E-state index < -0.39 is 0 Å². The number of hydrogen-bond acceptors (Lipinski definition) is 3. The highest BCUT2D eigenvalue weighted by Gasteiger charge is 2.18. The van der Waals surface area contributed by atoms with Gasteiger partial charge < -0.3 is 5.32 Å². The fraction of sp³-hybridized carbons (Fsp3) is 0.407. The van der Waals surface area contributed by atoms with Gasteiger partial charge in [-0.1, -0.05) is 60.5 Å². The smallest absolute Gasteiger partial charge is 0.255 e. The maximum absolute atomic E-state index is 12.9. The first-order chi connectivity index (χ1) is 15.5. The molecule has 4 rings (SSSR count). The van der Waals surface area contributed by atoms with E-state index in [1.165, 1.54) is 49.0 Å². The highest BCUT2D eigenvalue weighted by molar-refractivity contribution is 5.96. The van der Waals surface area contributed by atoms with Crippen LogP contribution in [0.1, 0.15) is 63.3 Å². The SMILES string of the molecule is Cc1ccc(Cn2nc(C)c(C(=O)NCc3ccc(CN4CCCCC4)cc3)c2C)cc1. The topological polar surface area (TPSA) is 50.2 Å². The van der Waals surface area contributed by atoms with Gasteiger partial charge in [0, 0.05) is 18.8 Å². The lowest BCUT2D eigenvalue weighted by atomic mass is 10.1. The first-order valence-corrected chi connectivity index (χ1v) is 11.7. The number of nitrogens with zero attached hydrogens (tertiary/aromatic N) is 3. The van der Waals surface area contributed by atoms with E-state index in [1.807, 2.05) is 18.5 Å². The zero-order valence-electron chi connectivity index (χ0n) is 19.5. The third-order valence-electron chi connectivity index (χ3n) is 6.39. The Morgan fingerprint density at radius 1 is 0.844 bits per heavy atom. The van der Waals surface area contributed by atoms with Gasteiger partial charge >= 0.3 is 0 Å². The number of nitrogens with one attached hydrogen (secondary N) is 1. The van der Waals surface area contributed by atoms with Crippen molar-refractivity contribution in [2.75, 3.05) is 13.1 Å². The van der Waals surface area contributed by atoms with Crippen LogP contribution in [0.5, 0.6) is 0 Å². The second-order valence-electron chi connectivity index (χ2n) is 9.03. The predicted molar refractivity (Wildman–Crippen MR) is 129 cm³/mol. The van der Waals surface area contributed by atoms with Gasteiger partial charge in [0.25, 0.3) is 5.91 Å². The third-order valence-corrected chi connectivity index (χ3v) is 6.39. The van der Waals surface area contributed by atoms with E-state index in [0.29, 0.717) is 18.7 Å². The zero-order valence-corrected chi connectivity index (χ0v) is 19.5. The summed E-state index contributed by atoms with van der Waals surface area (Å²) in [6.45, 7) is 10.6. The molecule has 1 fully saturated rings. The number of carbonyl (C=O) groups is 1. The highest BCUT2D eigenvalue weighted by Crippen LogP contribution is 2.17. The molecule has 0 unspecified atom stereocenters. The lowest BCUT2D eigenvalue weighted by Crippen LogP contribution is -2.29. The van der Waals surface area contributed by atoms with Crippen molar-refractivity contribution < 1.29 is 4.79 Å². The van der Waals surface area contributed by atoms with Crippen LogP contribution in [0, 0.1) is 20.8 Å². The minimum absolute atomic E-state index is 0.0625. The van der Waals surface area contributed by atoms with Crippen molar-refractivity contribution >= 4 is 5.91 Å². The summed E-state index contributed by atoms with van der Waals surface area (Å²) >= 11 is 0. The van der Waals surface area contributed by atoms with Gasteiger partial charge in [-0.2, -0.15) is 5.10 Å². The average Bonchev–Trinajstić information content (AvgIpc) is 3.08. The van der Waals surface area contributed by atoms with E-state index in [9.17, 15) is 4.79 Å². The molecule has 168 valence electrons. The first-order valence-electron chi connectivity index (χ1n) is 11.7. The van der Waals surface area contributed by atoms with Gasteiger partial charge in [0.2, 0.25) is 0 Å². The Kier molecular flexibility index (Phi) is 7.05. The summed E-state index contributed by atoms with van der Waals surface area (Å²) < 4.78 is 1.92. The standard InChI is InChI=1S/C27H34N4O/c1-20-7-9-25(10-8-20)19-31-22(3)26(21(2)29-31)27(32)28-17-23-11-13-24(14-12-23)18-30-15-5-4-6-16-30/h7-14H,4-6,15-19H2,1-3H3,(H,28,32). The normalized spacial score (nSPS) is 14.5. The Balaban J connectivity index is 1.35. The summed E-state index contributed by atoms with van der Waals surface area (Å²) in [5.74, 6) is -0.0625. The number of aryl methyl sites for hydroxylation is 2. The molecule has 0 saturated carbocycles. The van der Waals surface area contributed by atoms with Gasteiger partial charge in [0.15, 0.2) is 0 Å². The number of amides is 1. The Bertz CT molecular complexity index is 1040. The molecule has 2 heterocycles. The van der Waals surface area contributed by atoms with Crippen LogP contribution in [0.2, 0.25) is 0 Å². The Labute approximate surface area is 191 Å². The van der Waals surface area contributed by atoms with Crippen molar-refractivity contribution in [3.05, 3.63) is 87.7 Å². The van der Waals surface area contributed by atoms with Crippen LogP contribution < -0.4 is 5.32 Å². The van der Waals surface area contributed by atoms with Crippen LogP contribution >= 0.6 is 0 Å². The van der Waals surface area contributed by atoms with E-state index in [2.05, 4.69) is 70.8 Å². The van der Waals surface area contributed by atoms with Gasteiger partial charge in [-0.25, -0.2) is 0 Å². The molecule has 2 aromatic carbocycles. The molecule has 0 bridgehead atoms. The quantitative estimate of drug-likeness (QED) is 0.587. The molecule has 1 aromatic heterocycles. The summed E-state index contributed by atoms with van der Waals surface area (Å²) in [5.41, 5.74) is 7.22. The van der Waals surface area contributed by atoms with Crippen LogP contribution in [-0.2, 0) is 19.6 Å². The zero-order chi connectivity index (χ0) is 22.5. The van der Waals surface area contributed by atoms with Crippen LogP contribution in [-0.4, -0.2) is 33.7 Å². The van der Waals surface area contributed by atoms with Crippen LogP contribution in [0.25, 0.3) is 0 Å². The summed E-state index contributed by atoms with van der Waals surface area (Å²) in [5, 5.41) is 7.70. The van der Waals surface area contributed by atoms with E-state index in [4.69, 9.17) is 0 Å². The summed E-state index contributed by atoms with van der Waals surface area (Å²) in [7, 11) is 0. The number of hydrogen-bond donors (Lipinski definition) is 1. The predicted octanol–water partition coefficient (Wildman–Crippen LogP) is 4.77. The molecular weight excluding hydrogens is 396 g/mol. The molecule has 5 heteroatoms. The van der Waals surface area contributed by atoms with Gasteiger partial charge in [0.05, 0.1) is 17.8 Å². The summed E-state index contributed by atoms with van der Waals surface area (Å²) in [4.78, 5) is 15.5.